The molecule has 0 saturated heterocycles. The number of fused-ring (bicyclic) bond motifs is 2. The predicted octanol–water partition coefficient (Wildman–Crippen LogP) is 5.39. The molecule has 2 bridgehead atoms. The van der Waals surface area contributed by atoms with Crippen LogP contribution in [0.4, 0.5) is 4.39 Å². The summed E-state index contributed by atoms with van der Waals surface area (Å²) >= 11 is 1.42. The average Bonchev–Trinajstić information content (AvgIpc) is 3.52. The van der Waals surface area contributed by atoms with Gasteiger partial charge in [-0.3, -0.25) is 9.36 Å². The van der Waals surface area contributed by atoms with E-state index in [-0.39, 0.29) is 30.3 Å². The zero-order valence-corrected chi connectivity index (χ0v) is 20.6. The van der Waals surface area contributed by atoms with Crippen LogP contribution in [0.1, 0.15) is 71.2 Å². The van der Waals surface area contributed by atoms with Gasteiger partial charge in [-0.2, -0.15) is 0 Å². The Bertz CT molecular complexity index is 952. The number of ether oxygens (including phenoxy) is 1. The average molecular weight is 475 g/mol. The third kappa shape index (κ3) is 5.70. The van der Waals surface area contributed by atoms with Gasteiger partial charge in [0.2, 0.25) is 5.91 Å². The fourth-order valence-electron chi connectivity index (χ4n) is 5.65. The largest absolute Gasteiger partial charge is 0.483 e. The second-order valence-electron chi connectivity index (χ2n) is 9.61. The molecule has 2 aliphatic carbocycles. The number of rotatable bonds is 11. The molecule has 4 rings (SSSR count). The summed E-state index contributed by atoms with van der Waals surface area (Å²) in [6.07, 6.45) is 7.19. The summed E-state index contributed by atoms with van der Waals surface area (Å²) in [4.78, 5) is 12.4. The van der Waals surface area contributed by atoms with Crippen LogP contribution in [0.25, 0.3) is 0 Å². The lowest BCUT2D eigenvalue weighted by atomic mass is 9.84. The van der Waals surface area contributed by atoms with E-state index in [2.05, 4.69) is 33.9 Å². The lowest BCUT2D eigenvalue weighted by Gasteiger charge is -2.30. The number of nitrogens with zero attached hydrogens (tertiary/aromatic N) is 3. The smallest absolute Gasteiger partial charge is 0.230 e. The first-order chi connectivity index (χ1) is 16.0. The van der Waals surface area contributed by atoms with E-state index >= 15 is 0 Å². The van der Waals surface area contributed by atoms with E-state index in [1.54, 1.807) is 18.2 Å². The highest BCUT2D eigenvalue weighted by Gasteiger charge is 2.43. The lowest BCUT2D eigenvalue weighted by Crippen LogP contribution is -2.33. The van der Waals surface area contributed by atoms with Crippen LogP contribution < -0.4 is 10.1 Å². The minimum absolute atomic E-state index is 0.00670. The van der Waals surface area contributed by atoms with Crippen molar-refractivity contribution in [2.75, 3.05) is 5.75 Å². The van der Waals surface area contributed by atoms with Crippen LogP contribution in [0.3, 0.4) is 0 Å². The van der Waals surface area contributed by atoms with Gasteiger partial charge in [0.05, 0.1) is 5.75 Å². The highest BCUT2D eigenvalue weighted by molar-refractivity contribution is 7.99. The van der Waals surface area contributed by atoms with Gasteiger partial charge in [0, 0.05) is 12.1 Å². The number of hydrogen-bond donors (Lipinski definition) is 1. The fourth-order valence-corrected chi connectivity index (χ4v) is 6.50. The Kier molecular flexibility index (Phi) is 7.94. The first-order valence-corrected chi connectivity index (χ1v) is 13.2. The molecule has 2 aliphatic rings. The number of carbonyl (C=O) groups excluding carboxylic acids is 1. The van der Waals surface area contributed by atoms with Crippen LogP contribution in [-0.2, 0) is 11.4 Å². The van der Waals surface area contributed by atoms with Gasteiger partial charge in [0.25, 0.3) is 0 Å². The normalized spacial score (nSPS) is 23.5. The molecule has 1 aromatic heterocycles. The van der Waals surface area contributed by atoms with Crippen LogP contribution in [0.5, 0.6) is 5.75 Å². The molecule has 180 valence electrons. The zero-order valence-electron chi connectivity index (χ0n) is 19.8. The Morgan fingerprint density at radius 2 is 2.09 bits per heavy atom. The number of benzene rings is 1. The molecule has 33 heavy (non-hydrogen) atoms. The summed E-state index contributed by atoms with van der Waals surface area (Å²) in [5.41, 5.74) is 0. The van der Waals surface area contributed by atoms with E-state index in [1.807, 2.05) is 6.92 Å². The van der Waals surface area contributed by atoms with Crippen molar-refractivity contribution in [3.63, 3.8) is 0 Å². The zero-order chi connectivity index (χ0) is 23.4. The predicted molar refractivity (Wildman–Crippen MR) is 128 cm³/mol. The first-order valence-electron chi connectivity index (χ1n) is 12.2. The molecule has 1 N–H and O–H groups in total. The molecule has 6 nitrogen and oxygen atoms in total. The Labute approximate surface area is 200 Å². The van der Waals surface area contributed by atoms with Crippen molar-refractivity contribution in [1.82, 2.24) is 20.1 Å². The van der Waals surface area contributed by atoms with E-state index < -0.39 is 5.82 Å². The van der Waals surface area contributed by atoms with E-state index in [4.69, 9.17) is 4.74 Å². The highest BCUT2D eigenvalue weighted by Crippen LogP contribution is 2.52. The van der Waals surface area contributed by atoms with Gasteiger partial charge in [-0.05, 0) is 69.4 Å². The van der Waals surface area contributed by atoms with Crippen LogP contribution in [0.2, 0.25) is 0 Å². The third-order valence-corrected chi connectivity index (χ3v) is 8.15. The van der Waals surface area contributed by atoms with Gasteiger partial charge in [-0.25, -0.2) is 4.39 Å². The monoisotopic (exact) mass is 474 g/mol. The van der Waals surface area contributed by atoms with Crippen LogP contribution in [0, 0.1) is 23.6 Å². The van der Waals surface area contributed by atoms with E-state index in [1.165, 1.54) is 43.5 Å². The Balaban J connectivity index is 1.49. The molecular weight excluding hydrogens is 439 g/mol. The molecule has 0 aliphatic heterocycles. The summed E-state index contributed by atoms with van der Waals surface area (Å²) in [6.45, 7) is 6.51. The van der Waals surface area contributed by atoms with Crippen LogP contribution in [-0.4, -0.2) is 32.5 Å². The summed E-state index contributed by atoms with van der Waals surface area (Å²) in [7, 11) is 0. The molecular formula is C25H35FN4O2S. The van der Waals surface area contributed by atoms with Gasteiger partial charge in [-0.15, -0.1) is 10.2 Å². The summed E-state index contributed by atoms with van der Waals surface area (Å²) < 4.78 is 22.0. The summed E-state index contributed by atoms with van der Waals surface area (Å²) in [5, 5.41) is 12.6. The maximum absolute atomic E-state index is 14.1. The number of carbonyl (C=O) groups is 1. The number of halogens is 1. The topological polar surface area (TPSA) is 69.0 Å². The number of hydrogen-bond acceptors (Lipinski definition) is 5. The molecule has 2 saturated carbocycles. The second kappa shape index (κ2) is 10.9. The van der Waals surface area contributed by atoms with Crippen molar-refractivity contribution in [1.29, 1.82) is 0 Å². The van der Waals surface area contributed by atoms with Crippen molar-refractivity contribution in [3.05, 3.63) is 35.9 Å². The van der Waals surface area contributed by atoms with Gasteiger partial charge in [-0.1, -0.05) is 43.7 Å². The molecule has 1 amide bonds. The Morgan fingerprint density at radius 1 is 1.27 bits per heavy atom. The molecule has 0 spiro atoms. The molecule has 1 heterocycles. The van der Waals surface area contributed by atoms with Crippen molar-refractivity contribution in [3.8, 4) is 5.75 Å². The van der Waals surface area contributed by atoms with Crippen molar-refractivity contribution >= 4 is 17.7 Å². The Hall–Kier alpha value is -2.09. The van der Waals surface area contributed by atoms with Gasteiger partial charge in [0.15, 0.2) is 22.5 Å². The van der Waals surface area contributed by atoms with Crippen LogP contribution in [0.15, 0.2) is 29.4 Å². The van der Waals surface area contributed by atoms with E-state index in [9.17, 15) is 9.18 Å². The summed E-state index contributed by atoms with van der Waals surface area (Å²) in [5.74, 6) is 2.94. The number of aromatic nitrogens is 3. The first kappa shape index (κ1) is 24.0. The maximum Gasteiger partial charge on any atom is 0.230 e. The maximum atomic E-state index is 14.1. The highest BCUT2D eigenvalue weighted by atomic mass is 32.2. The van der Waals surface area contributed by atoms with Gasteiger partial charge < -0.3 is 10.1 Å². The van der Waals surface area contributed by atoms with Gasteiger partial charge >= 0.3 is 0 Å². The molecule has 2 fully saturated rings. The Morgan fingerprint density at radius 3 is 2.79 bits per heavy atom. The van der Waals surface area contributed by atoms with Crippen molar-refractivity contribution in [2.24, 2.45) is 17.8 Å². The van der Waals surface area contributed by atoms with Crippen LogP contribution >= 0.6 is 11.8 Å². The molecule has 5 atom stereocenters. The SMILES string of the molecule is CCCC(C)NC(=O)CSc1nnc(COc2ccccc2F)n1C(C)C1CC2CCC1C2. The quantitative estimate of drug-likeness (QED) is 0.442. The number of para-hydroxylation sites is 1. The number of thioether (sulfide) groups is 1. The number of nitrogens with one attached hydrogen (secondary N) is 1. The van der Waals surface area contributed by atoms with Gasteiger partial charge in [0.1, 0.15) is 6.61 Å². The molecule has 2 aromatic rings. The molecule has 0 radical (unpaired) electrons. The molecule has 5 unspecified atom stereocenters. The van der Waals surface area contributed by atoms with E-state index in [0.717, 1.165) is 29.8 Å². The lowest BCUT2D eigenvalue weighted by molar-refractivity contribution is -0.119. The standard InChI is InChI=1S/C25H35FN4O2S/c1-4-7-16(2)27-24(31)15-33-25-29-28-23(14-32-22-9-6-5-8-21(22)26)30(25)17(3)20-13-18-10-11-19(20)12-18/h5-6,8-9,16-20H,4,7,10-15H2,1-3H3,(H,27,31). The fraction of sp³-hybridized carbons (Fsp3) is 0.640. The summed E-state index contributed by atoms with van der Waals surface area (Å²) in [6, 6.07) is 6.77. The van der Waals surface area contributed by atoms with Crippen molar-refractivity contribution in [2.45, 2.75) is 83.1 Å². The molecule has 8 heteroatoms. The second-order valence-corrected chi connectivity index (χ2v) is 10.6. The van der Waals surface area contributed by atoms with Crippen molar-refractivity contribution < 1.29 is 13.9 Å². The minimum atomic E-state index is -0.391. The number of amides is 1. The van der Waals surface area contributed by atoms with E-state index in [0.29, 0.717) is 17.5 Å². The molecule has 1 aromatic carbocycles. The minimum Gasteiger partial charge on any atom is -0.483 e. The third-order valence-electron chi connectivity index (χ3n) is 7.21.